The molecule has 0 aliphatic heterocycles. The standard InChI is InChI=1S/C9H16N4O4S/c1-13(3-4-18(2,15)16)6-7-5-8(12-17-7)9(14)11-10/h5H,3-4,6,10H2,1-2H3,(H,11,14). The lowest BCUT2D eigenvalue weighted by Crippen LogP contribution is -2.30. The van der Waals surface area contributed by atoms with Gasteiger partial charge in [0.25, 0.3) is 5.91 Å². The number of carbonyl (C=O) groups excluding carboxylic acids is 1. The maximum Gasteiger partial charge on any atom is 0.287 e. The second-order valence-corrected chi connectivity index (χ2v) is 6.28. The lowest BCUT2D eigenvalue weighted by atomic mass is 10.3. The van der Waals surface area contributed by atoms with Gasteiger partial charge in [-0.05, 0) is 7.05 Å². The molecule has 0 aliphatic carbocycles. The first-order valence-corrected chi connectivity index (χ1v) is 7.20. The summed E-state index contributed by atoms with van der Waals surface area (Å²) in [6.07, 6.45) is 1.18. The van der Waals surface area contributed by atoms with E-state index in [1.165, 1.54) is 12.3 Å². The molecule has 1 aromatic rings. The summed E-state index contributed by atoms with van der Waals surface area (Å²) in [5.41, 5.74) is 2.03. The molecule has 1 heterocycles. The Morgan fingerprint density at radius 1 is 1.61 bits per heavy atom. The second-order valence-electron chi connectivity index (χ2n) is 4.02. The molecular formula is C9H16N4O4S. The molecule has 102 valence electrons. The molecule has 1 rings (SSSR count). The van der Waals surface area contributed by atoms with Gasteiger partial charge in [0.05, 0.1) is 12.3 Å². The van der Waals surface area contributed by atoms with Gasteiger partial charge in [-0.2, -0.15) is 0 Å². The van der Waals surface area contributed by atoms with Crippen LogP contribution in [0.4, 0.5) is 0 Å². The van der Waals surface area contributed by atoms with E-state index in [0.717, 1.165) is 0 Å². The van der Waals surface area contributed by atoms with Crippen LogP contribution in [0, 0.1) is 0 Å². The van der Waals surface area contributed by atoms with Gasteiger partial charge < -0.3 is 4.52 Å². The molecule has 18 heavy (non-hydrogen) atoms. The molecule has 0 radical (unpaired) electrons. The Morgan fingerprint density at radius 2 is 2.28 bits per heavy atom. The van der Waals surface area contributed by atoms with Crippen molar-refractivity contribution in [3.63, 3.8) is 0 Å². The number of nitrogens with zero attached hydrogens (tertiary/aromatic N) is 2. The summed E-state index contributed by atoms with van der Waals surface area (Å²) < 4.78 is 26.9. The quantitative estimate of drug-likeness (QED) is 0.379. The van der Waals surface area contributed by atoms with Crippen LogP contribution >= 0.6 is 0 Å². The number of hydrogen-bond donors (Lipinski definition) is 2. The maximum atomic E-state index is 11.1. The van der Waals surface area contributed by atoms with Crippen LogP contribution in [0.1, 0.15) is 16.2 Å². The van der Waals surface area contributed by atoms with Gasteiger partial charge in [0.15, 0.2) is 11.5 Å². The van der Waals surface area contributed by atoms with Gasteiger partial charge in [-0.15, -0.1) is 0 Å². The van der Waals surface area contributed by atoms with Crippen molar-refractivity contribution in [3.05, 3.63) is 17.5 Å². The van der Waals surface area contributed by atoms with E-state index in [1.807, 2.05) is 5.43 Å². The normalized spacial score (nSPS) is 11.8. The predicted octanol–water partition coefficient (Wildman–Crippen LogP) is -1.25. The number of nitrogens with one attached hydrogen (secondary N) is 1. The fourth-order valence-electron chi connectivity index (χ4n) is 1.24. The minimum Gasteiger partial charge on any atom is -0.359 e. The third-order valence-corrected chi connectivity index (χ3v) is 3.12. The lowest BCUT2D eigenvalue weighted by Gasteiger charge is -2.13. The van der Waals surface area contributed by atoms with Gasteiger partial charge in [0.2, 0.25) is 0 Å². The number of rotatable bonds is 6. The van der Waals surface area contributed by atoms with Crippen LogP contribution in [0.5, 0.6) is 0 Å². The Labute approximate surface area is 105 Å². The molecule has 9 heteroatoms. The number of nitrogen functional groups attached to an aromatic ring is 1. The average molecular weight is 276 g/mol. The van der Waals surface area contributed by atoms with Crippen LogP contribution in [-0.4, -0.2) is 50.0 Å². The summed E-state index contributed by atoms with van der Waals surface area (Å²) in [5, 5.41) is 3.54. The molecule has 8 nitrogen and oxygen atoms in total. The van der Waals surface area contributed by atoms with Crippen molar-refractivity contribution >= 4 is 15.7 Å². The first kappa shape index (κ1) is 14.6. The Balaban J connectivity index is 2.52. The van der Waals surface area contributed by atoms with Gasteiger partial charge in [-0.25, -0.2) is 14.3 Å². The van der Waals surface area contributed by atoms with Crippen LogP contribution in [0.2, 0.25) is 0 Å². The number of aromatic nitrogens is 1. The Kier molecular flexibility index (Phi) is 4.82. The minimum atomic E-state index is -2.99. The third kappa shape index (κ3) is 4.82. The Bertz CT molecular complexity index is 510. The molecule has 0 saturated heterocycles. The summed E-state index contributed by atoms with van der Waals surface area (Å²) in [6, 6.07) is 1.46. The minimum absolute atomic E-state index is 0.0633. The van der Waals surface area contributed by atoms with Crippen molar-refractivity contribution in [2.24, 2.45) is 5.84 Å². The number of sulfone groups is 1. The molecule has 0 saturated carbocycles. The lowest BCUT2D eigenvalue weighted by molar-refractivity contribution is 0.0944. The van der Waals surface area contributed by atoms with E-state index >= 15 is 0 Å². The van der Waals surface area contributed by atoms with E-state index in [-0.39, 0.29) is 11.4 Å². The monoisotopic (exact) mass is 276 g/mol. The van der Waals surface area contributed by atoms with Gasteiger partial charge in [0.1, 0.15) is 9.84 Å². The average Bonchev–Trinajstić information content (AvgIpc) is 2.73. The highest BCUT2D eigenvalue weighted by Gasteiger charge is 2.13. The highest BCUT2D eigenvalue weighted by molar-refractivity contribution is 7.90. The zero-order valence-electron chi connectivity index (χ0n) is 10.2. The first-order valence-electron chi connectivity index (χ1n) is 5.14. The van der Waals surface area contributed by atoms with Crippen LogP contribution in [0.15, 0.2) is 10.6 Å². The van der Waals surface area contributed by atoms with Gasteiger partial charge in [0, 0.05) is 18.9 Å². The van der Waals surface area contributed by atoms with E-state index < -0.39 is 15.7 Å². The third-order valence-electron chi connectivity index (χ3n) is 2.19. The molecule has 0 unspecified atom stereocenters. The molecule has 3 N–H and O–H groups in total. The molecule has 1 amide bonds. The highest BCUT2D eigenvalue weighted by Crippen LogP contribution is 2.06. The van der Waals surface area contributed by atoms with Gasteiger partial charge in [-0.3, -0.25) is 15.1 Å². The topological polar surface area (TPSA) is 119 Å². The van der Waals surface area contributed by atoms with Crippen molar-refractivity contribution in [1.29, 1.82) is 0 Å². The van der Waals surface area contributed by atoms with Crippen molar-refractivity contribution in [3.8, 4) is 0 Å². The molecule has 0 aromatic carbocycles. The Morgan fingerprint density at radius 3 is 2.83 bits per heavy atom. The van der Waals surface area contributed by atoms with E-state index in [1.54, 1.807) is 11.9 Å². The number of hydrogen-bond acceptors (Lipinski definition) is 7. The summed E-state index contributed by atoms with van der Waals surface area (Å²) in [7, 11) is -1.25. The highest BCUT2D eigenvalue weighted by atomic mass is 32.2. The van der Waals surface area contributed by atoms with E-state index in [0.29, 0.717) is 18.8 Å². The van der Waals surface area contributed by atoms with Crippen LogP contribution in [0.25, 0.3) is 0 Å². The fourth-order valence-corrected chi connectivity index (χ4v) is 1.88. The number of hydrazine groups is 1. The molecule has 0 aliphatic rings. The molecule has 0 spiro atoms. The number of carbonyl (C=O) groups is 1. The van der Waals surface area contributed by atoms with Crippen molar-refractivity contribution < 1.29 is 17.7 Å². The van der Waals surface area contributed by atoms with Crippen LogP contribution in [0.3, 0.4) is 0 Å². The number of nitrogens with two attached hydrogens (primary N) is 1. The largest absolute Gasteiger partial charge is 0.359 e. The molecule has 0 atom stereocenters. The molecular weight excluding hydrogens is 260 g/mol. The van der Waals surface area contributed by atoms with E-state index in [9.17, 15) is 13.2 Å². The molecule has 0 bridgehead atoms. The molecule has 1 aromatic heterocycles. The summed E-state index contributed by atoms with van der Waals surface area (Å²) in [5.74, 6) is 4.94. The molecule has 0 fully saturated rings. The summed E-state index contributed by atoms with van der Waals surface area (Å²) >= 11 is 0. The van der Waals surface area contributed by atoms with Crippen molar-refractivity contribution in [2.75, 3.05) is 25.6 Å². The fraction of sp³-hybridized carbons (Fsp3) is 0.556. The van der Waals surface area contributed by atoms with Crippen molar-refractivity contribution in [1.82, 2.24) is 15.5 Å². The SMILES string of the molecule is CN(CCS(C)(=O)=O)Cc1cc(C(=O)NN)no1. The van der Waals surface area contributed by atoms with E-state index in [4.69, 9.17) is 10.4 Å². The van der Waals surface area contributed by atoms with Gasteiger partial charge >= 0.3 is 0 Å². The first-order chi connectivity index (χ1) is 8.31. The second kappa shape index (κ2) is 5.94. The zero-order chi connectivity index (χ0) is 13.8. The predicted molar refractivity (Wildman–Crippen MR) is 64.2 cm³/mol. The maximum absolute atomic E-state index is 11.1. The van der Waals surface area contributed by atoms with Crippen molar-refractivity contribution in [2.45, 2.75) is 6.54 Å². The van der Waals surface area contributed by atoms with E-state index in [2.05, 4.69) is 5.16 Å². The number of amides is 1. The summed E-state index contributed by atoms with van der Waals surface area (Å²) in [4.78, 5) is 12.9. The summed E-state index contributed by atoms with van der Waals surface area (Å²) in [6.45, 7) is 0.734. The Hall–Kier alpha value is -1.45. The van der Waals surface area contributed by atoms with Gasteiger partial charge in [-0.1, -0.05) is 5.16 Å². The van der Waals surface area contributed by atoms with Crippen LogP contribution in [-0.2, 0) is 16.4 Å². The smallest absolute Gasteiger partial charge is 0.287 e. The zero-order valence-corrected chi connectivity index (χ0v) is 11.0. The van der Waals surface area contributed by atoms with Crippen LogP contribution < -0.4 is 11.3 Å².